The van der Waals surface area contributed by atoms with Gasteiger partial charge in [-0.25, -0.2) is 0 Å². The van der Waals surface area contributed by atoms with Gasteiger partial charge >= 0.3 is 0 Å². The molecule has 0 unspecified atom stereocenters. The van der Waals surface area contributed by atoms with Crippen LogP contribution < -0.4 is 15.4 Å². The number of rotatable bonds is 7. The molecule has 0 atom stereocenters. The average molecular weight is 366 g/mol. The lowest BCUT2D eigenvalue weighted by Gasteiger charge is -2.18. The lowest BCUT2D eigenvalue weighted by Crippen LogP contribution is -2.40. The van der Waals surface area contributed by atoms with Crippen LogP contribution in [0.25, 0.3) is 0 Å². The SMILES string of the molecule is COc1ccc(CCNC(=O)C2(C(=O)Nc3c(C)cccc3C)CC2)cc1. The quantitative estimate of drug-likeness (QED) is 0.738. The van der Waals surface area contributed by atoms with Crippen LogP contribution in [0.1, 0.15) is 29.5 Å². The van der Waals surface area contributed by atoms with Gasteiger partial charge in [0.25, 0.3) is 0 Å². The van der Waals surface area contributed by atoms with Crippen molar-refractivity contribution in [3.63, 3.8) is 0 Å². The minimum Gasteiger partial charge on any atom is -0.497 e. The second-order valence-electron chi connectivity index (χ2n) is 7.16. The molecule has 5 nitrogen and oxygen atoms in total. The van der Waals surface area contributed by atoms with Crippen molar-refractivity contribution < 1.29 is 14.3 Å². The molecular formula is C22H26N2O3. The van der Waals surface area contributed by atoms with Crippen LogP contribution in [0.4, 0.5) is 5.69 Å². The van der Waals surface area contributed by atoms with Crippen LogP contribution in [0.3, 0.4) is 0 Å². The van der Waals surface area contributed by atoms with E-state index in [1.807, 2.05) is 56.3 Å². The summed E-state index contributed by atoms with van der Waals surface area (Å²) >= 11 is 0. The fraction of sp³-hybridized carbons (Fsp3) is 0.364. The number of methoxy groups -OCH3 is 1. The highest BCUT2D eigenvalue weighted by molar-refractivity contribution is 6.13. The zero-order valence-electron chi connectivity index (χ0n) is 16.1. The van der Waals surface area contributed by atoms with Gasteiger partial charge in [-0.05, 0) is 61.9 Å². The summed E-state index contributed by atoms with van der Waals surface area (Å²) in [7, 11) is 1.63. The number of aryl methyl sites for hydroxylation is 2. The third-order valence-electron chi connectivity index (χ3n) is 5.20. The van der Waals surface area contributed by atoms with Gasteiger partial charge in [-0.1, -0.05) is 30.3 Å². The fourth-order valence-electron chi connectivity index (χ4n) is 3.21. The third kappa shape index (κ3) is 4.13. The fourth-order valence-corrected chi connectivity index (χ4v) is 3.21. The smallest absolute Gasteiger partial charge is 0.240 e. The molecule has 2 amide bonds. The molecule has 0 heterocycles. The number of anilines is 1. The van der Waals surface area contributed by atoms with Crippen molar-refractivity contribution in [2.24, 2.45) is 5.41 Å². The number of amides is 2. The first kappa shape index (κ1) is 19.0. The number of carbonyl (C=O) groups is 2. The van der Waals surface area contributed by atoms with Crippen molar-refractivity contribution in [2.45, 2.75) is 33.1 Å². The summed E-state index contributed by atoms with van der Waals surface area (Å²) in [5.74, 6) is 0.421. The Balaban J connectivity index is 1.56. The Kier molecular flexibility index (Phi) is 5.49. The predicted octanol–water partition coefficient (Wildman–Crippen LogP) is 3.39. The standard InChI is InChI=1S/C22H26N2O3/c1-15-5-4-6-16(2)19(15)24-21(26)22(12-13-22)20(25)23-14-11-17-7-9-18(27-3)10-8-17/h4-10H,11-14H2,1-3H3,(H,23,25)(H,24,26). The summed E-state index contributed by atoms with van der Waals surface area (Å²) in [6.45, 7) is 4.41. The molecule has 1 aliphatic carbocycles. The number of hydrogen-bond donors (Lipinski definition) is 2. The Morgan fingerprint density at radius 1 is 1.00 bits per heavy atom. The van der Waals surface area contributed by atoms with Crippen molar-refractivity contribution in [1.29, 1.82) is 0 Å². The summed E-state index contributed by atoms with van der Waals surface area (Å²) in [6.07, 6.45) is 1.90. The molecule has 3 rings (SSSR count). The van der Waals surface area contributed by atoms with E-state index < -0.39 is 5.41 Å². The van der Waals surface area contributed by atoms with Gasteiger partial charge in [-0.2, -0.15) is 0 Å². The summed E-state index contributed by atoms with van der Waals surface area (Å²) < 4.78 is 5.14. The second-order valence-corrected chi connectivity index (χ2v) is 7.16. The molecule has 2 aromatic rings. The highest BCUT2D eigenvalue weighted by atomic mass is 16.5. The van der Waals surface area contributed by atoms with Crippen LogP contribution in [0, 0.1) is 19.3 Å². The molecule has 142 valence electrons. The maximum atomic E-state index is 12.8. The van der Waals surface area contributed by atoms with E-state index in [-0.39, 0.29) is 11.8 Å². The molecule has 1 fully saturated rings. The van der Waals surface area contributed by atoms with Crippen molar-refractivity contribution in [1.82, 2.24) is 5.32 Å². The molecular weight excluding hydrogens is 340 g/mol. The molecule has 0 saturated heterocycles. The molecule has 0 radical (unpaired) electrons. The Bertz CT molecular complexity index is 819. The van der Waals surface area contributed by atoms with Gasteiger partial charge in [-0.15, -0.1) is 0 Å². The first-order chi connectivity index (χ1) is 13.0. The van der Waals surface area contributed by atoms with Crippen LogP contribution >= 0.6 is 0 Å². The van der Waals surface area contributed by atoms with E-state index in [2.05, 4.69) is 10.6 Å². The molecule has 0 bridgehead atoms. The normalized spacial score (nSPS) is 14.3. The van der Waals surface area contributed by atoms with E-state index in [9.17, 15) is 9.59 Å². The third-order valence-corrected chi connectivity index (χ3v) is 5.20. The van der Waals surface area contributed by atoms with Crippen molar-refractivity contribution in [3.8, 4) is 5.75 Å². The van der Waals surface area contributed by atoms with E-state index in [0.29, 0.717) is 25.8 Å². The predicted molar refractivity (Wildman–Crippen MR) is 106 cm³/mol. The topological polar surface area (TPSA) is 67.4 Å². The van der Waals surface area contributed by atoms with E-state index in [1.165, 1.54) is 0 Å². The van der Waals surface area contributed by atoms with E-state index in [4.69, 9.17) is 4.74 Å². The molecule has 0 aliphatic heterocycles. The van der Waals surface area contributed by atoms with E-state index in [1.54, 1.807) is 7.11 Å². The Hall–Kier alpha value is -2.82. The van der Waals surface area contributed by atoms with Gasteiger partial charge in [0, 0.05) is 12.2 Å². The molecule has 0 aromatic heterocycles. The number of hydrogen-bond acceptors (Lipinski definition) is 3. The minimum absolute atomic E-state index is 0.181. The molecule has 1 aliphatic rings. The monoisotopic (exact) mass is 366 g/mol. The molecule has 2 aromatic carbocycles. The van der Waals surface area contributed by atoms with Gasteiger partial charge < -0.3 is 15.4 Å². The maximum absolute atomic E-state index is 12.8. The summed E-state index contributed by atoms with van der Waals surface area (Å²) in [5, 5.41) is 5.90. The first-order valence-corrected chi connectivity index (χ1v) is 9.25. The van der Waals surface area contributed by atoms with Crippen LogP contribution in [0.5, 0.6) is 5.75 Å². The lowest BCUT2D eigenvalue weighted by atomic mass is 10.0. The molecule has 0 spiro atoms. The number of para-hydroxylation sites is 1. The largest absolute Gasteiger partial charge is 0.497 e. The minimum atomic E-state index is -0.922. The van der Waals surface area contributed by atoms with Gasteiger partial charge in [0.15, 0.2) is 0 Å². The summed E-state index contributed by atoms with van der Waals surface area (Å²) in [6, 6.07) is 13.6. The van der Waals surface area contributed by atoms with Gasteiger partial charge in [-0.3, -0.25) is 9.59 Å². The van der Waals surface area contributed by atoms with Crippen molar-refractivity contribution in [2.75, 3.05) is 19.0 Å². The molecule has 2 N–H and O–H groups in total. The second kappa shape index (κ2) is 7.82. The zero-order chi connectivity index (χ0) is 19.4. The van der Waals surface area contributed by atoms with Gasteiger partial charge in [0.2, 0.25) is 11.8 Å². The average Bonchev–Trinajstić information content (AvgIpc) is 3.47. The highest BCUT2D eigenvalue weighted by Gasteiger charge is 2.56. The summed E-state index contributed by atoms with van der Waals surface area (Å²) in [5.41, 5.74) is 2.99. The maximum Gasteiger partial charge on any atom is 0.240 e. The molecule has 27 heavy (non-hydrogen) atoms. The molecule has 1 saturated carbocycles. The van der Waals surface area contributed by atoms with Crippen molar-refractivity contribution >= 4 is 17.5 Å². The van der Waals surface area contributed by atoms with Crippen LogP contribution in [-0.2, 0) is 16.0 Å². The van der Waals surface area contributed by atoms with Crippen LogP contribution in [0.15, 0.2) is 42.5 Å². The van der Waals surface area contributed by atoms with Gasteiger partial charge in [0.05, 0.1) is 7.11 Å². The Morgan fingerprint density at radius 3 is 2.19 bits per heavy atom. The summed E-state index contributed by atoms with van der Waals surface area (Å²) in [4.78, 5) is 25.4. The van der Waals surface area contributed by atoms with Crippen LogP contribution in [-0.4, -0.2) is 25.5 Å². The van der Waals surface area contributed by atoms with E-state index >= 15 is 0 Å². The zero-order valence-corrected chi connectivity index (χ0v) is 16.1. The number of benzene rings is 2. The highest BCUT2D eigenvalue weighted by Crippen LogP contribution is 2.47. The Morgan fingerprint density at radius 2 is 1.63 bits per heavy atom. The van der Waals surface area contributed by atoms with E-state index in [0.717, 1.165) is 28.1 Å². The first-order valence-electron chi connectivity index (χ1n) is 9.25. The van der Waals surface area contributed by atoms with Crippen LogP contribution in [0.2, 0.25) is 0 Å². The molecule has 5 heteroatoms. The number of ether oxygens (including phenoxy) is 1. The number of carbonyl (C=O) groups excluding carboxylic acids is 2. The number of nitrogens with one attached hydrogen (secondary N) is 2. The van der Waals surface area contributed by atoms with Gasteiger partial charge in [0.1, 0.15) is 11.2 Å². The van der Waals surface area contributed by atoms with Crippen molar-refractivity contribution in [3.05, 3.63) is 59.2 Å². The Labute approximate surface area is 160 Å². The lowest BCUT2D eigenvalue weighted by molar-refractivity contribution is -0.134.